The molecule has 1 aromatic heterocycles. The molecular formula is C20H18N2O. The molecule has 0 aliphatic heterocycles. The third-order valence-corrected chi connectivity index (χ3v) is 4.31. The predicted octanol–water partition coefficient (Wildman–Crippen LogP) is 4.04. The Morgan fingerprint density at radius 1 is 1.04 bits per heavy atom. The summed E-state index contributed by atoms with van der Waals surface area (Å²) in [5, 5.41) is 5.19. The Balaban J connectivity index is 1.43. The van der Waals surface area contributed by atoms with Gasteiger partial charge in [-0.05, 0) is 47.4 Å². The fourth-order valence-electron chi connectivity index (χ4n) is 2.78. The molecule has 2 aromatic carbocycles. The van der Waals surface area contributed by atoms with Gasteiger partial charge in [-0.15, -0.1) is 0 Å². The van der Waals surface area contributed by atoms with Gasteiger partial charge in [0, 0.05) is 29.9 Å². The number of hydrogen-bond acceptors (Lipinski definition) is 2. The molecule has 23 heavy (non-hydrogen) atoms. The highest BCUT2D eigenvalue weighted by Crippen LogP contribution is 2.38. The van der Waals surface area contributed by atoms with Gasteiger partial charge < -0.3 is 5.32 Å². The Hall–Kier alpha value is -2.68. The normalized spacial score (nSPS) is 13.9. The smallest absolute Gasteiger partial charge is 0.251 e. The summed E-state index contributed by atoms with van der Waals surface area (Å²) >= 11 is 0. The van der Waals surface area contributed by atoms with E-state index in [2.05, 4.69) is 22.4 Å². The molecule has 0 saturated heterocycles. The number of nitrogens with one attached hydrogen (secondary N) is 1. The summed E-state index contributed by atoms with van der Waals surface area (Å²) in [6.45, 7) is 0.504. The molecule has 3 aromatic rings. The number of hydrogen-bond donors (Lipinski definition) is 1. The summed E-state index contributed by atoms with van der Waals surface area (Å²) in [4.78, 5) is 16.8. The lowest BCUT2D eigenvalue weighted by molar-refractivity contribution is 0.0951. The summed E-state index contributed by atoms with van der Waals surface area (Å²) in [5.41, 5.74) is 2.89. The highest BCUT2D eigenvalue weighted by atomic mass is 16.1. The molecule has 1 aliphatic rings. The molecule has 3 heteroatoms. The van der Waals surface area contributed by atoms with E-state index in [0.29, 0.717) is 18.0 Å². The fraction of sp³-hybridized carbons (Fsp3) is 0.200. The van der Waals surface area contributed by atoms with E-state index < -0.39 is 0 Å². The van der Waals surface area contributed by atoms with Crippen LogP contribution < -0.4 is 5.32 Å². The molecule has 1 heterocycles. The fourth-order valence-corrected chi connectivity index (χ4v) is 2.78. The van der Waals surface area contributed by atoms with Gasteiger partial charge in [0.1, 0.15) is 0 Å². The number of pyridine rings is 1. The summed E-state index contributed by atoms with van der Waals surface area (Å²) in [6, 6.07) is 18.0. The first-order chi connectivity index (χ1) is 11.3. The molecule has 1 aliphatic carbocycles. The maximum atomic E-state index is 12.3. The number of nitrogens with zero attached hydrogens (tertiary/aromatic N) is 1. The highest BCUT2D eigenvalue weighted by Gasteiger charge is 2.24. The maximum Gasteiger partial charge on any atom is 0.251 e. The van der Waals surface area contributed by atoms with Crippen molar-refractivity contribution in [1.29, 1.82) is 0 Å². The Kier molecular flexibility index (Phi) is 3.54. The van der Waals surface area contributed by atoms with Crippen molar-refractivity contribution in [3.63, 3.8) is 0 Å². The van der Waals surface area contributed by atoms with Crippen molar-refractivity contribution in [2.45, 2.75) is 25.3 Å². The van der Waals surface area contributed by atoms with E-state index in [0.717, 1.165) is 16.3 Å². The van der Waals surface area contributed by atoms with E-state index in [1.165, 1.54) is 18.5 Å². The van der Waals surface area contributed by atoms with Crippen LogP contribution in [0.4, 0.5) is 0 Å². The molecule has 0 radical (unpaired) electrons. The molecular weight excluding hydrogens is 284 g/mol. The van der Waals surface area contributed by atoms with Crippen LogP contribution in [0.25, 0.3) is 10.8 Å². The van der Waals surface area contributed by atoms with E-state index in [4.69, 9.17) is 0 Å². The maximum absolute atomic E-state index is 12.3. The van der Waals surface area contributed by atoms with Gasteiger partial charge in [0.2, 0.25) is 0 Å². The number of carbonyl (C=O) groups excluding carboxylic acids is 1. The first-order valence-corrected chi connectivity index (χ1v) is 8.01. The van der Waals surface area contributed by atoms with Gasteiger partial charge in [-0.2, -0.15) is 0 Å². The molecule has 0 unspecified atom stereocenters. The van der Waals surface area contributed by atoms with E-state index in [9.17, 15) is 4.79 Å². The van der Waals surface area contributed by atoms with Gasteiger partial charge in [-0.1, -0.05) is 36.4 Å². The van der Waals surface area contributed by atoms with Crippen LogP contribution in [0.1, 0.15) is 40.4 Å². The van der Waals surface area contributed by atoms with E-state index in [-0.39, 0.29) is 5.91 Å². The average Bonchev–Trinajstić information content (AvgIpc) is 3.45. The first kappa shape index (κ1) is 13.9. The van der Waals surface area contributed by atoms with E-state index in [1.807, 2.05) is 48.7 Å². The van der Waals surface area contributed by atoms with Crippen molar-refractivity contribution < 1.29 is 4.79 Å². The van der Waals surface area contributed by atoms with Crippen LogP contribution in [-0.2, 0) is 6.54 Å². The van der Waals surface area contributed by atoms with Gasteiger partial charge in [-0.3, -0.25) is 9.78 Å². The topological polar surface area (TPSA) is 42.0 Å². The monoisotopic (exact) mass is 302 g/mol. The minimum Gasteiger partial charge on any atom is -0.348 e. The quantitative estimate of drug-likeness (QED) is 0.790. The second-order valence-electron chi connectivity index (χ2n) is 6.11. The van der Waals surface area contributed by atoms with Crippen molar-refractivity contribution in [2.24, 2.45) is 0 Å². The Morgan fingerprint density at radius 2 is 1.87 bits per heavy atom. The number of fused-ring (bicyclic) bond motifs is 1. The van der Waals surface area contributed by atoms with Crippen LogP contribution in [0, 0.1) is 0 Å². The van der Waals surface area contributed by atoms with Gasteiger partial charge in [-0.25, -0.2) is 0 Å². The number of rotatable bonds is 4. The van der Waals surface area contributed by atoms with Gasteiger partial charge >= 0.3 is 0 Å². The summed E-state index contributed by atoms with van der Waals surface area (Å²) in [5.74, 6) is 0.610. The van der Waals surface area contributed by atoms with Crippen molar-refractivity contribution in [1.82, 2.24) is 10.3 Å². The molecule has 1 N–H and O–H groups in total. The summed E-state index contributed by atoms with van der Waals surface area (Å²) < 4.78 is 0. The van der Waals surface area contributed by atoms with Gasteiger partial charge in [0.15, 0.2) is 0 Å². The van der Waals surface area contributed by atoms with Crippen LogP contribution in [0.5, 0.6) is 0 Å². The van der Waals surface area contributed by atoms with Crippen molar-refractivity contribution in [3.05, 3.63) is 77.6 Å². The lowest BCUT2D eigenvalue weighted by Gasteiger charge is -2.07. The standard InChI is InChI=1S/C20H18N2O/c23-20(18-9-6-15-3-1-2-4-17(15)11-18)22-13-14-5-10-19(21-12-14)16-7-8-16/h1-6,9-12,16H,7-8,13H2,(H,22,23). The predicted molar refractivity (Wildman–Crippen MR) is 91.3 cm³/mol. The molecule has 0 bridgehead atoms. The Bertz CT molecular complexity index is 851. The zero-order valence-electron chi connectivity index (χ0n) is 12.8. The second kappa shape index (κ2) is 5.84. The minimum absolute atomic E-state index is 0.0537. The second-order valence-corrected chi connectivity index (χ2v) is 6.11. The average molecular weight is 302 g/mol. The van der Waals surface area contributed by atoms with Crippen molar-refractivity contribution in [2.75, 3.05) is 0 Å². The van der Waals surface area contributed by atoms with Crippen molar-refractivity contribution >= 4 is 16.7 Å². The van der Waals surface area contributed by atoms with Gasteiger partial charge in [0.25, 0.3) is 5.91 Å². The molecule has 0 spiro atoms. The molecule has 4 rings (SSSR count). The molecule has 1 fully saturated rings. The molecule has 3 nitrogen and oxygen atoms in total. The third kappa shape index (κ3) is 3.09. The minimum atomic E-state index is -0.0537. The first-order valence-electron chi connectivity index (χ1n) is 8.01. The lowest BCUT2D eigenvalue weighted by atomic mass is 10.1. The van der Waals surface area contributed by atoms with Gasteiger partial charge in [0.05, 0.1) is 0 Å². The number of benzene rings is 2. The summed E-state index contributed by atoms with van der Waals surface area (Å²) in [6.07, 6.45) is 4.38. The Morgan fingerprint density at radius 3 is 2.61 bits per heavy atom. The van der Waals surface area contributed by atoms with Crippen molar-refractivity contribution in [3.8, 4) is 0 Å². The molecule has 1 saturated carbocycles. The third-order valence-electron chi connectivity index (χ3n) is 4.31. The number of amides is 1. The molecule has 114 valence electrons. The molecule has 0 atom stereocenters. The zero-order chi connectivity index (χ0) is 15.6. The molecule has 1 amide bonds. The van der Waals surface area contributed by atoms with Crippen LogP contribution in [0.15, 0.2) is 60.8 Å². The summed E-state index contributed by atoms with van der Waals surface area (Å²) in [7, 11) is 0. The van der Waals surface area contributed by atoms with E-state index >= 15 is 0 Å². The highest BCUT2D eigenvalue weighted by molar-refractivity contribution is 5.98. The Labute approximate surface area is 135 Å². The van der Waals surface area contributed by atoms with Crippen LogP contribution in [0.3, 0.4) is 0 Å². The lowest BCUT2D eigenvalue weighted by Crippen LogP contribution is -2.22. The van der Waals surface area contributed by atoms with Crippen LogP contribution in [-0.4, -0.2) is 10.9 Å². The SMILES string of the molecule is O=C(NCc1ccc(C2CC2)nc1)c1ccc2ccccc2c1. The number of aromatic nitrogens is 1. The number of carbonyl (C=O) groups is 1. The van der Waals surface area contributed by atoms with E-state index in [1.54, 1.807) is 0 Å². The largest absolute Gasteiger partial charge is 0.348 e. The zero-order valence-corrected chi connectivity index (χ0v) is 12.8. The van der Waals surface area contributed by atoms with Crippen LogP contribution in [0.2, 0.25) is 0 Å². The van der Waals surface area contributed by atoms with Crippen LogP contribution >= 0.6 is 0 Å².